The first-order valence-electron chi connectivity index (χ1n) is 11.3. The second kappa shape index (κ2) is 11.8. The SMILES string of the molecule is CCOC(=O)C(Cc1ccccc1)(C(=O)OCC)[C@H](/C=C/c1ccccc1)c1ccccc1. The lowest BCUT2D eigenvalue weighted by molar-refractivity contribution is -0.173. The minimum Gasteiger partial charge on any atom is -0.465 e. The Morgan fingerprint density at radius 1 is 0.758 bits per heavy atom. The Kier molecular flexibility index (Phi) is 8.59. The van der Waals surface area contributed by atoms with Crippen molar-refractivity contribution in [3.8, 4) is 0 Å². The van der Waals surface area contributed by atoms with Crippen molar-refractivity contribution >= 4 is 18.0 Å². The minimum atomic E-state index is -1.58. The van der Waals surface area contributed by atoms with Crippen LogP contribution in [0.4, 0.5) is 0 Å². The zero-order valence-electron chi connectivity index (χ0n) is 19.1. The van der Waals surface area contributed by atoms with E-state index in [-0.39, 0.29) is 19.6 Å². The van der Waals surface area contributed by atoms with Crippen molar-refractivity contribution in [2.45, 2.75) is 26.2 Å². The van der Waals surface area contributed by atoms with Gasteiger partial charge in [-0.3, -0.25) is 9.59 Å². The summed E-state index contributed by atoms with van der Waals surface area (Å²) in [5.74, 6) is -1.77. The molecule has 0 unspecified atom stereocenters. The van der Waals surface area contributed by atoms with E-state index in [0.29, 0.717) is 0 Å². The summed E-state index contributed by atoms with van der Waals surface area (Å²) in [5.41, 5.74) is 1.08. The van der Waals surface area contributed by atoms with Crippen LogP contribution in [0.1, 0.15) is 36.5 Å². The van der Waals surface area contributed by atoms with Gasteiger partial charge in [-0.15, -0.1) is 0 Å². The molecule has 0 aromatic heterocycles. The fraction of sp³-hybridized carbons (Fsp3) is 0.241. The second-order valence-electron chi connectivity index (χ2n) is 7.73. The summed E-state index contributed by atoms with van der Waals surface area (Å²) in [6, 6.07) is 28.9. The van der Waals surface area contributed by atoms with Gasteiger partial charge in [0.2, 0.25) is 0 Å². The highest BCUT2D eigenvalue weighted by Gasteiger charge is 2.54. The van der Waals surface area contributed by atoms with E-state index in [0.717, 1.165) is 16.7 Å². The van der Waals surface area contributed by atoms with Gasteiger partial charge in [-0.1, -0.05) is 103 Å². The van der Waals surface area contributed by atoms with Gasteiger partial charge in [-0.2, -0.15) is 0 Å². The standard InChI is InChI=1S/C29H30O4/c1-3-32-27(30)29(28(31)33-4-2,22-24-16-10-6-11-17-24)26(25-18-12-7-13-19-25)21-20-23-14-8-5-9-15-23/h5-21,26H,3-4,22H2,1-2H3/b21-20+/t26-/m1/s1. The molecule has 33 heavy (non-hydrogen) atoms. The van der Waals surface area contributed by atoms with E-state index in [1.807, 2.05) is 103 Å². The predicted octanol–water partition coefficient (Wildman–Crippen LogP) is 5.84. The molecular formula is C29H30O4. The van der Waals surface area contributed by atoms with Crippen LogP contribution in [0, 0.1) is 5.41 Å². The van der Waals surface area contributed by atoms with Crippen LogP contribution in [0.5, 0.6) is 0 Å². The number of ether oxygens (including phenoxy) is 2. The monoisotopic (exact) mass is 442 g/mol. The summed E-state index contributed by atoms with van der Waals surface area (Å²) >= 11 is 0. The van der Waals surface area contributed by atoms with Crippen LogP contribution in [0.25, 0.3) is 6.08 Å². The van der Waals surface area contributed by atoms with Gasteiger partial charge in [-0.25, -0.2) is 0 Å². The first kappa shape index (κ1) is 24.0. The van der Waals surface area contributed by atoms with E-state index < -0.39 is 23.3 Å². The molecule has 0 aliphatic heterocycles. The molecule has 0 saturated heterocycles. The lowest BCUT2D eigenvalue weighted by Gasteiger charge is -2.35. The third kappa shape index (κ3) is 5.78. The maximum absolute atomic E-state index is 13.7. The van der Waals surface area contributed by atoms with Crippen molar-refractivity contribution in [1.82, 2.24) is 0 Å². The van der Waals surface area contributed by atoms with Crippen molar-refractivity contribution < 1.29 is 19.1 Å². The number of esters is 2. The maximum Gasteiger partial charge on any atom is 0.324 e. The first-order chi connectivity index (χ1) is 16.1. The molecule has 1 atom stereocenters. The summed E-state index contributed by atoms with van der Waals surface area (Å²) in [5, 5.41) is 0. The van der Waals surface area contributed by atoms with Crippen LogP contribution in [-0.2, 0) is 25.5 Å². The smallest absolute Gasteiger partial charge is 0.324 e. The van der Waals surface area contributed by atoms with E-state index in [4.69, 9.17) is 9.47 Å². The molecule has 0 aliphatic rings. The largest absolute Gasteiger partial charge is 0.465 e. The highest BCUT2D eigenvalue weighted by molar-refractivity contribution is 6.02. The van der Waals surface area contributed by atoms with Crippen LogP contribution in [-0.4, -0.2) is 25.2 Å². The Balaban J connectivity index is 2.23. The first-order valence-corrected chi connectivity index (χ1v) is 11.3. The summed E-state index contributed by atoms with van der Waals surface area (Å²) < 4.78 is 11.1. The Labute approximate surface area is 195 Å². The Morgan fingerprint density at radius 3 is 1.76 bits per heavy atom. The summed E-state index contributed by atoms with van der Waals surface area (Å²) in [6.45, 7) is 3.82. The van der Waals surface area contributed by atoms with Gasteiger partial charge < -0.3 is 9.47 Å². The molecule has 0 radical (unpaired) electrons. The molecular weight excluding hydrogens is 412 g/mol. The molecule has 3 aromatic rings. The van der Waals surface area contributed by atoms with Crippen LogP contribution in [0.15, 0.2) is 97.1 Å². The average Bonchev–Trinajstić information content (AvgIpc) is 2.85. The molecule has 0 saturated carbocycles. The van der Waals surface area contributed by atoms with Gasteiger partial charge in [0.25, 0.3) is 0 Å². The molecule has 0 bridgehead atoms. The topological polar surface area (TPSA) is 52.6 Å². The molecule has 0 fully saturated rings. The minimum absolute atomic E-state index is 0.157. The summed E-state index contributed by atoms with van der Waals surface area (Å²) in [6.07, 6.45) is 4.02. The second-order valence-corrected chi connectivity index (χ2v) is 7.73. The molecule has 4 heteroatoms. The Morgan fingerprint density at radius 2 is 1.24 bits per heavy atom. The van der Waals surface area contributed by atoms with Gasteiger partial charge >= 0.3 is 11.9 Å². The van der Waals surface area contributed by atoms with E-state index >= 15 is 0 Å². The Bertz CT molecular complexity index is 1020. The number of allylic oxidation sites excluding steroid dienone is 1. The van der Waals surface area contributed by atoms with Crippen molar-refractivity contribution in [2.75, 3.05) is 13.2 Å². The molecule has 4 nitrogen and oxygen atoms in total. The van der Waals surface area contributed by atoms with Gasteiger partial charge in [0.1, 0.15) is 0 Å². The normalized spacial score (nSPS) is 12.3. The van der Waals surface area contributed by atoms with E-state index in [1.165, 1.54) is 0 Å². The number of carbonyl (C=O) groups excluding carboxylic acids is 2. The molecule has 0 heterocycles. The highest BCUT2D eigenvalue weighted by Crippen LogP contribution is 2.43. The van der Waals surface area contributed by atoms with Gasteiger partial charge in [-0.05, 0) is 30.5 Å². The van der Waals surface area contributed by atoms with Gasteiger partial charge in [0.05, 0.1) is 13.2 Å². The summed E-state index contributed by atoms with van der Waals surface area (Å²) in [4.78, 5) is 27.3. The van der Waals surface area contributed by atoms with Crippen LogP contribution in [0.2, 0.25) is 0 Å². The van der Waals surface area contributed by atoms with Crippen molar-refractivity contribution in [3.63, 3.8) is 0 Å². The molecule has 0 aliphatic carbocycles. The number of hydrogen-bond donors (Lipinski definition) is 0. The fourth-order valence-electron chi connectivity index (χ4n) is 4.02. The third-order valence-electron chi connectivity index (χ3n) is 5.58. The molecule has 3 aromatic carbocycles. The average molecular weight is 443 g/mol. The van der Waals surface area contributed by atoms with E-state index in [2.05, 4.69) is 0 Å². The quantitative estimate of drug-likeness (QED) is 0.292. The molecule has 0 spiro atoms. The zero-order chi connectivity index (χ0) is 23.5. The molecule has 170 valence electrons. The zero-order valence-corrected chi connectivity index (χ0v) is 19.1. The number of rotatable bonds is 10. The van der Waals surface area contributed by atoms with Crippen molar-refractivity contribution in [3.05, 3.63) is 114 Å². The number of carbonyl (C=O) groups is 2. The maximum atomic E-state index is 13.7. The van der Waals surface area contributed by atoms with E-state index in [1.54, 1.807) is 13.8 Å². The van der Waals surface area contributed by atoms with Crippen molar-refractivity contribution in [2.24, 2.45) is 5.41 Å². The van der Waals surface area contributed by atoms with E-state index in [9.17, 15) is 9.59 Å². The van der Waals surface area contributed by atoms with Crippen LogP contribution < -0.4 is 0 Å². The number of hydrogen-bond acceptors (Lipinski definition) is 4. The lowest BCUT2D eigenvalue weighted by Crippen LogP contribution is -2.48. The number of benzene rings is 3. The molecule has 0 amide bonds. The Hall–Kier alpha value is -3.66. The molecule has 3 rings (SSSR count). The fourth-order valence-corrected chi connectivity index (χ4v) is 4.02. The van der Waals surface area contributed by atoms with Crippen LogP contribution >= 0.6 is 0 Å². The lowest BCUT2D eigenvalue weighted by atomic mass is 9.67. The molecule has 0 N–H and O–H groups in total. The van der Waals surface area contributed by atoms with Crippen molar-refractivity contribution in [1.29, 1.82) is 0 Å². The predicted molar refractivity (Wildman–Crippen MR) is 131 cm³/mol. The highest BCUT2D eigenvalue weighted by atomic mass is 16.6. The third-order valence-corrected chi connectivity index (χ3v) is 5.58. The van der Waals surface area contributed by atoms with Gasteiger partial charge in [0.15, 0.2) is 5.41 Å². The van der Waals surface area contributed by atoms with Gasteiger partial charge in [0, 0.05) is 12.3 Å². The summed E-state index contributed by atoms with van der Waals surface area (Å²) in [7, 11) is 0. The van der Waals surface area contributed by atoms with Crippen LogP contribution in [0.3, 0.4) is 0 Å².